The van der Waals surface area contributed by atoms with Gasteiger partial charge in [0.2, 0.25) is 5.91 Å². The Morgan fingerprint density at radius 1 is 0.926 bits per heavy atom. The maximum atomic E-state index is 12.7. The van der Waals surface area contributed by atoms with Crippen LogP contribution in [0.1, 0.15) is 40.0 Å². The Labute approximate surface area is 160 Å². The Kier molecular flexibility index (Phi) is 5.91. The van der Waals surface area contributed by atoms with Crippen LogP contribution in [-0.4, -0.2) is 47.8 Å². The molecule has 142 valence electrons. The molecular formula is C22H27N3O2. The van der Waals surface area contributed by atoms with Crippen molar-refractivity contribution in [3.05, 3.63) is 70.8 Å². The molecule has 1 heterocycles. The van der Waals surface area contributed by atoms with Gasteiger partial charge in [-0.3, -0.25) is 9.59 Å². The normalized spacial score (nSPS) is 15.5. The lowest BCUT2D eigenvalue weighted by Crippen LogP contribution is -2.52. The van der Waals surface area contributed by atoms with Crippen LogP contribution >= 0.6 is 0 Å². The van der Waals surface area contributed by atoms with Gasteiger partial charge in [0, 0.05) is 31.7 Å². The number of rotatable bonds is 4. The van der Waals surface area contributed by atoms with Crippen molar-refractivity contribution in [2.45, 2.75) is 26.3 Å². The molecule has 5 nitrogen and oxygen atoms in total. The summed E-state index contributed by atoms with van der Waals surface area (Å²) in [5.41, 5.74) is 10.0. The summed E-state index contributed by atoms with van der Waals surface area (Å²) in [7, 11) is 0. The summed E-state index contributed by atoms with van der Waals surface area (Å²) >= 11 is 0. The second-order valence-corrected chi connectivity index (χ2v) is 7.06. The zero-order valence-electron chi connectivity index (χ0n) is 16.0. The average Bonchev–Trinajstić information content (AvgIpc) is 2.73. The number of amides is 2. The smallest absolute Gasteiger partial charge is 0.253 e. The van der Waals surface area contributed by atoms with Crippen molar-refractivity contribution in [1.82, 2.24) is 9.80 Å². The Morgan fingerprint density at radius 3 is 2.04 bits per heavy atom. The van der Waals surface area contributed by atoms with E-state index in [1.54, 1.807) is 4.90 Å². The molecule has 0 radical (unpaired) electrons. The van der Waals surface area contributed by atoms with Gasteiger partial charge in [0.1, 0.15) is 6.04 Å². The average molecular weight is 365 g/mol. The van der Waals surface area contributed by atoms with Crippen molar-refractivity contribution in [3.63, 3.8) is 0 Å². The highest BCUT2D eigenvalue weighted by Crippen LogP contribution is 2.17. The van der Waals surface area contributed by atoms with E-state index in [-0.39, 0.29) is 11.8 Å². The number of nitrogens with two attached hydrogens (primary N) is 1. The number of carbonyl (C=O) groups excluding carboxylic acids is 2. The van der Waals surface area contributed by atoms with Gasteiger partial charge in [-0.2, -0.15) is 0 Å². The zero-order valence-corrected chi connectivity index (χ0v) is 16.0. The van der Waals surface area contributed by atoms with Crippen molar-refractivity contribution >= 4 is 11.8 Å². The first-order valence-corrected chi connectivity index (χ1v) is 9.48. The lowest BCUT2D eigenvalue weighted by molar-refractivity contribution is -0.134. The lowest BCUT2D eigenvalue weighted by atomic mass is 10.0. The first-order valence-electron chi connectivity index (χ1n) is 9.48. The fourth-order valence-electron chi connectivity index (χ4n) is 3.31. The fourth-order valence-corrected chi connectivity index (χ4v) is 3.31. The van der Waals surface area contributed by atoms with E-state index in [4.69, 9.17) is 5.73 Å². The van der Waals surface area contributed by atoms with Gasteiger partial charge in [0.15, 0.2) is 0 Å². The zero-order chi connectivity index (χ0) is 19.4. The minimum Gasteiger partial charge on any atom is -0.337 e. The van der Waals surface area contributed by atoms with Gasteiger partial charge < -0.3 is 15.5 Å². The summed E-state index contributed by atoms with van der Waals surface area (Å²) < 4.78 is 0. The van der Waals surface area contributed by atoms with E-state index in [1.807, 2.05) is 60.4 Å². The molecule has 1 fully saturated rings. The first kappa shape index (κ1) is 19.1. The van der Waals surface area contributed by atoms with Gasteiger partial charge in [0.05, 0.1) is 0 Å². The molecule has 2 aromatic rings. The molecule has 0 saturated carbocycles. The number of hydrogen-bond donors (Lipinski definition) is 1. The van der Waals surface area contributed by atoms with Crippen molar-refractivity contribution in [1.29, 1.82) is 0 Å². The summed E-state index contributed by atoms with van der Waals surface area (Å²) in [5.74, 6) is -0.0640. The first-order chi connectivity index (χ1) is 13.0. The Morgan fingerprint density at radius 2 is 1.48 bits per heavy atom. The molecular weight excluding hydrogens is 338 g/mol. The van der Waals surface area contributed by atoms with Crippen LogP contribution < -0.4 is 5.73 Å². The highest BCUT2D eigenvalue weighted by atomic mass is 16.2. The highest BCUT2D eigenvalue weighted by Gasteiger charge is 2.28. The lowest BCUT2D eigenvalue weighted by Gasteiger charge is -2.36. The molecule has 1 aliphatic heterocycles. The fraction of sp³-hybridized carbons (Fsp3) is 0.364. The predicted octanol–water partition coefficient (Wildman–Crippen LogP) is 2.54. The van der Waals surface area contributed by atoms with Crippen molar-refractivity contribution in [3.8, 4) is 0 Å². The molecule has 27 heavy (non-hydrogen) atoms. The van der Waals surface area contributed by atoms with Crippen LogP contribution in [-0.2, 0) is 11.2 Å². The predicted molar refractivity (Wildman–Crippen MR) is 106 cm³/mol. The van der Waals surface area contributed by atoms with E-state index in [9.17, 15) is 9.59 Å². The van der Waals surface area contributed by atoms with Crippen molar-refractivity contribution in [2.24, 2.45) is 5.73 Å². The SMILES string of the molecule is CCc1ccc(C(=O)N2CCN(C(=O)C(N)c3ccc(C)cc3)CC2)cc1. The van der Waals surface area contributed by atoms with Crippen LogP contribution in [0.5, 0.6) is 0 Å². The van der Waals surface area contributed by atoms with Crippen molar-refractivity contribution < 1.29 is 9.59 Å². The third-order valence-corrected chi connectivity index (χ3v) is 5.19. The Bertz CT molecular complexity index is 791. The number of carbonyl (C=O) groups is 2. The van der Waals surface area contributed by atoms with Crippen LogP contribution in [0.15, 0.2) is 48.5 Å². The molecule has 2 N–H and O–H groups in total. The summed E-state index contributed by atoms with van der Waals surface area (Å²) in [5, 5.41) is 0. The minimum atomic E-state index is -0.658. The topological polar surface area (TPSA) is 66.6 Å². The van der Waals surface area contributed by atoms with Crippen LogP contribution in [0.25, 0.3) is 0 Å². The van der Waals surface area contributed by atoms with Crippen LogP contribution in [0.3, 0.4) is 0 Å². The minimum absolute atomic E-state index is 0.0209. The Balaban J connectivity index is 1.58. The molecule has 0 spiro atoms. The third-order valence-electron chi connectivity index (χ3n) is 5.19. The van der Waals surface area contributed by atoms with Gasteiger partial charge in [-0.05, 0) is 36.6 Å². The second kappa shape index (κ2) is 8.35. The third kappa shape index (κ3) is 4.37. The van der Waals surface area contributed by atoms with Crippen LogP contribution in [0, 0.1) is 6.92 Å². The van der Waals surface area contributed by atoms with E-state index >= 15 is 0 Å². The van der Waals surface area contributed by atoms with Gasteiger partial charge >= 0.3 is 0 Å². The van der Waals surface area contributed by atoms with E-state index < -0.39 is 6.04 Å². The molecule has 1 saturated heterocycles. The number of benzene rings is 2. The molecule has 2 amide bonds. The molecule has 1 unspecified atom stereocenters. The Hall–Kier alpha value is -2.66. The number of aryl methyl sites for hydroxylation is 2. The van der Waals surface area contributed by atoms with Gasteiger partial charge in [0.25, 0.3) is 5.91 Å². The van der Waals surface area contributed by atoms with Gasteiger partial charge in [-0.1, -0.05) is 48.9 Å². The summed E-state index contributed by atoms with van der Waals surface area (Å²) in [4.78, 5) is 28.9. The molecule has 0 aliphatic carbocycles. The van der Waals surface area contributed by atoms with E-state index in [1.165, 1.54) is 5.56 Å². The molecule has 3 rings (SSSR count). The maximum absolute atomic E-state index is 12.7. The summed E-state index contributed by atoms with van der Waals surface area (Å²) in [6.07, 6.45) is 0.955. The highest BCUT2D eigenvalue weighted by molar-refractivity contribution is 5.94. The molecule has 5 heteroatoms. The van der Waals surface area contributed by atoms with Crippen molar-refractivity contribution in [2.75, 3.05) is 26.2 Å². The van der Waals surface area contributed by atoms with E-state index in [2.05, 4.69) is 6.92 Å². The number of nitrogens with zero attached hydrogens (tertiary/aromatic N) is 2. The van der Waals surface area contributed by atoms with Crippen LogP contribution in [0.2, 0.25) is 0 Å². The van der Waals surface area contributed by atoms with Gasteiger partial charge in [-0.15, -0.1) is 0 Å². The summed E-state index contributed by atoms with van der Waals surface area (Å²) in [6.45, 7) is 6.17. The largest absolute Gasteiger partial charge is 0.337 e. The number of hydrogen-bond acceptors (Lipinski definition) is 3. The van der Waals surface area contributed by atoms with E-state index in [0.29, 0.717) is 31.7 Å². The standard InChI is InChI=1S/C22H27N3O2/c1-3-17-6-10-19(11-7-17)21(26)24-12-14-25(15-13-24)22(27)20(23)18-8-4-16(2)5-9-18/h4-11,20H,3,12-15,23H2,1-2H3. The molecule has 0 aromatic heterocycles. The molecule has 2 aromatic carbocycles. The molecule has 1 atom stereocenters. The molecule has 1 aliphatic rings. The van der Waals surface area contributed by atoms with Crippen LogP contribution in [0.4, 0.5) is 0 Å². The van der Waals surface area contributed by atoms with Gasteiger partial charge in [-0.25, -0.2) is 0 Å². The second-order valence-electron chi connectivity index (χ2n) is 7.06. The number of piperazine rings is 1. The quantitative estimate of drug-likeness (QED) is 0.905. The maximum Gasteiger partial charge on any atom is 0.253 e. The van der Waals surface area contributed by atoms with E-state index in [0.717, 1.165) is 17.5 Å². The molecule has 0 bridgehead atoms. The monoisotopic (exact) mass is 365 g/mol. The summed E-state index contributed by atoms with van der Waals surface area (Å²) in [6, 6.07) is 14.8.